The van der Waals surface area contributed by atoms with Crippen molar-refractivity contribution in [2.45, 2.75) is 124 Å². The second-order valence-electron chi connectivity index (χ2n) is 11.5. The maximum Gasteiger partial charge on any atom is 0.336 e. The molecule has 1 aromatic rings. The molecule has 12 nitrogen and oxygen atoms in total. The molecular weight excluding hydrogens is 610 g/mol. The van der Waals surface area contributed by atoms with Crippen LogP contribution in [0.25, 0.3) is 0 Å². The number of aliphatic hydroxyl groups excluding tert-OH is 2. The van der Waals surface area contributed by atoms with Gasteiger partial charge < -0.3 is 19.7 Å². The van der Waals surface area contributed by atoms with Crippen molar-refractivity contribution < 1.29 is 29.3 Å². The standard InChI is InChI=1S/C30H51N3O9S2/c1-8-15-31-26(38)32(19-22(34)18-29(6,9-2)10-3)28(40)33(27(31)39)20-23(35)21-41-24(36)13-16-43-44-17-14-25(37)42-30(7,11-4)12-5/h8,22-23,34-35H,1,9-21H2,2-7H3. The van der Waals surface area contributed by atoms with Crippen molar-refractivity contribution in [3.05, 3.63) is 44.1 Å². The molecule has 0 aromatic carbocycles. The first kappa shape index (κ1) is 39.7. The normalized spacial score (nSPS) is 13.4. The average molecular weight is 662 g/mol. The molecule has 44 heavy (non-hydrogen) atoms. The van der Waals surface area contributed by atoms with Crippen LogP contribution in [-0.4, -0.2) is 71.8 Å². The van der Waals surface area contributed by atoms with Crippen LogP contribution >= 0.6 is 21.6 Å². The van der Waals surface area contributed by atoms with Crippen molar-refractivity contribution >= 4 is 33.5 Å². The van der Waals surface area contributed by atoms with E-state index in [1.807, 2.05) is 41.5 Å². The van der Waals surface area contributed by atoms with E-state index in [4.69, 9.17) is 9.47 Å². The van der Waals surface area contributed by atoms with E-state index in [0.717, 1.165) is 34.8 Å². The van der Waals surface area contributed by atoms with Gasteiger partial charge in [-0.2, -0.15) is 0 Å². The minimum Gasteiger partial charge on any atom is -0.463 e. The van der Waals surface area contributed by atoms with Crippen molar-refractivity contribution in [1.29, 1.82) is 0 Å². The van der Waals surface area contributed by atoms with Gasteiger partial charge in [-0.25, -0.2) is 28.1 Å². The van der Waals surface area contributed by atoms with Gasteiger partial charge in [0.2, 0.25) is 0 Å². The molecule has 14 heteroatoms. The molecule has 0 spiro atoms. The fraction of sp³-hybridized carbons (Fsp3) is 0.767. The number of carbonyl (C=O) groups excluding carboxylic acids is 2. The van der Waals surface area contributed by atoms with Crippen LogP contribution in [-0.2, 0) is 38.7 Å². The molecular formula is C30H51N3O9S2. The van der Waals surface area contributed by atoms with E-state index in [1.165, 1.54) is 27.7 Å². The van der Waals surface area contributed by atoms with Gasteiger partial charge in [0.1, 0.15) is 18.3 Å². The number of aliphatic hydroxyl groups is 2. The van der Waals surface area contributed by atoms with E-state index < -0.39 is 54.0 Å². The summed E-state index contributed by atoms with van der Waals surface area (Å²) in [6.45, 7) is 14.0. The van der Waals surface area contributed by atoms with E-state index in [1.54, 1.807) is 0 Å². The fourth-order valence-electron chi connectivity index (χ4n) is 4.28. The lowest BCUT2D eigenvalue weighted by Crippen LogP contribution is -2.56. The Hall–Kier alpha value is -2.29. The predicted octanol–water partition coefficient (Wildman–Crippen LogP) is 3.12. The molecule has 0 radical (unpaired) electrons. The largest absolute Gasteiger partial charge is 0.463 e. The van der Waals surface area contributed by atoms with Crippen LogP contribution in [0.2, 0.25) is 0 Å². The minimum absolute atomic E-state index is 0.0574. The number of ether oxygens (including phenoxy) is 2. The highest BCUT2D eigenvalue weighted by atomic mass is 33.1. The zero-order valence-electron chi connectivity index (χ0n) is 27.0. The Morgan fingerprint density at radius 1 is 0.818 bits per heavy atom. The molecule has 0 saturated heterocycles. The van der Waals surface area contributed by atoms with E-state index in [9.17, 15) is 34.2 Å². The SMILES string of the molecule is C=CCn1c(=O)n(CC(O)COC(=O)CCSSCCC(=O)OC(C)(CC)CC)c(=O)n(CC(O)CC(C)(CC)CC)c1=O. The van der Waals surface area contributed by atoms with Crippen molar-refractivity contribution in [2.24, 2.45) is 5.41 Å². The molecule has 0 aliphatic heterocycles. The number of hydrogen-bond acceptors (Lipinski definition) is 11. The molecule has 0 fully saturated rings. The van der Waals surface area contributed by atoms with Gasteiger partial charge in [-0.3, -0.25) is 9.59 Å². The quantitative estimate of drug-likeness (QED) is 0.0814. The van der Waals surface area contributed by atoms with Crippen molar-refractivity contribution in [3.63, 3.8) is 0 Å². The Labute approximate surface area is 267 Å². The molecule has 252 valence electrons. The van der Waals surface area contributed by atoms with E-state index in [0.29, 0.717) is 22.5 Å². The number of allylic oxidation sites excluding steroid dienone is 1. The van der Waals surface area contributed by atoms with Crippen molar-refractivity contribution in [3.8, 4) is 0 Å². The predicted molar refractivity (Wildman–Crippen MR) is 175 cm³/mol. The zero-order chi connectivity index (χ0) is 33.5. The van der Waals surface area contributed by atoms with Gasteiger partial charge in [0, 0.05) is 11.5 Å². The minimum atomic E-state index is -1.40. The lowest BCUT2D eigenvalue weighted by atomic mass is 9.79. The summed E-state index contributed by atoms with van der Waals surface area (Å²) in [5.74, 6) is 0.132. The van der Waals surface area contributed by atoms with Crippen LogP contribution < -0.4 is 17.1 Å². The molecule has 0 aliphatic carbocycles. The lowest BCUT2D eigenvalue weighted by molar-refractivity contribution is -0.158. The second kappa shape index (κ2) is 19.3. The van der Waals surface area contributed by atoms with Gasteiger partial charge in [0.25, 0.3) is 0 Å². The first-order valence-corrected chi connectivity index (χ1v) is 17.7. The third-order valence-electron chi connectivity index (χ3n) is 8.07. The first-order chi connectivity index (χ1) is 20.7. The summed E-state index contributed by atoms with van der Waals surface area (Å²) in [5.41, 5.74) is -3.42. The second-order valence-corrected chi connectivity index (χ2v) is 14.2. The number of nitrogens with zero attached hydrogens (tertiary/aromatic N) is 3. The Morgan fingerprint density at radius 2 is 1.30 bits per heavy atom. The molecule has 2 unspecified atom stereocenters. The highest BCUT2D eigenvalue weighted by molar-refractivity contribution is 8.76. The maximum atomic E-state index is 13.2. The summed E-state index contributed by atoms with van der Waals surface area (Å²) >= 11 is 0. The third kappa shape index (κ3) is 12.6. The maximum absolute atomic E-state index is 13.2. The fourth-order valence-corrected chi connectivity index (χ4v) is 6.22. The zero-order valence-corrected chi connectivity index (χ0v) is 28.7. The van der Waals surface area contributed by atoms with Gasteiger partial charge >= 0.3 is 29.0 Å². The lowest BCUT2D eigenvalue weighted by Gasteiger charge is -2.29. The summed E-state index contributed by atoms with van der Waals surface area (Å²) < 4.78 is 13.0. The Kier molecular flexibility index (Phi) is 17.4. The first-order valence-electron chi connectivity index (χ1n) is 15.2. The molecule has 0 bridgehead atoms. The Bertz CT molecular complexity index is 1250. The smallest absolute Gasteiger partial charge is 0.336 e. The summed E-state index contributed by atoms with van der Waals surface area (Å²) in [6.07, 6.45) is 2.68. The number of aromatic nitrogens is 3. The highest BCUT2D eigenvalue weighted by Gasteiger charge is 2.26. The molecule has 0 amide bonds. The Balaban J connectivity index is 2.72. The summed E-state index contributed by atoms with van der Waals surface area (Å²) in [7, 11) is 2.85. The van der Waals surface area contributed by atoms with Crippen LogP contribution in [0.3, 0.4) is 0 Å². The van der Waals surface area contributed by atoms with Crippen molar-refractivity contribution in [1.82, 2.24) is 13.7 Å². The molecule has 1 rings (SSSR count). The van der Waals surface area contributed by atoms with Crippen LogP contribution in [0.4, 0.5) is 0 Å². The van der Waals surface area contributed by atoms with E-state index >= 15 is 0 Å². The van der Waals surface area contributed by atoms with E-state index in [2.05, 4.69) is 6.58 Å². The Morgan fingerprint density at radius 3 is 1.77 bits per heavy atom. The molecule has 0 saturated carbocycles. The van der Waals surface area contributed by atoms with Crippen LogP contribution in [0.5, 0.6) is 0 Å². The summed E-state index contributed by atoms with van der Waals surface area (Å²) in [4.78, 5) is 63.3. The monoisotopic (exact) mass is 661 g/mol. The van der Waals surface area contributed by atoms with Crippen LogP contribution in [0.1, 0.15) is 86.5 Å². The average Bonchev–Trinajstić information content (AvgIpc) is 3.00. The number of carbonyl (C=O) groups is 2. The molecule has 2 atom stereocenters. The topological polar surface area (TPSA) is 159 Å². The molecule has 2 N–H and O–H groups in total. The number of esters is 2. The van der Waals surface area contributed by atoms with Gasteiger partial charge in [-0.1, -0.05) is 75.1 Å². The number of hydrogen-bond donors (Lipinski definition) is 2. The molecule has 0 aliphatic rings. The highest BCUT2D eigenvalue weighted by Crippen LogP contribution is 2.31. The summed E-state index contributed by atoms with van der Waals surface area (Å²) in [5, 5.41) is 21.2. The molecule has 1 heterocycles. The van der Waals surface area contributed by atoms with Gasteiger partial charge in [-0.15, -0.1) is 6.58 Å². The van der Waals surface area contributed by atoms with Crippen LogP contribution in [0.15, 0.2) is 27.0 Å². The van der Waals surface area contributed by atoms with Crippen molar-refractivity contribution in [2.75, 3.05) is 18.1 Å². The van der Waals surface area contributed by atoms with Gasteiger partial charge in [0.05, 0.1) is 38.6 Å². The van der Waals surface area contributed by atoms with E-state index in [-0.39, 0.29) is 37.3 Å². The molecule has 1 aromatic heterocycles. The number of rotatable bonds is 22. The van der Waals surface area contributed by atoms with Gasteiger partial charge in [-0.05, 0) is 31.6 Å². The van der Waals surface area contributed by atoms with Crippen LogP contribution in [0, 0.1) is 5.41 Å². The van der Waals surface area contributed by atoms with Gasteiger partial charge in [0.15, 0.2) is 0 Å². The third-order valence-corrected chi connectivity index (χ3v) is 10.5. The summed E-state index contributed by atoms with van der Waals surface area (Å²) in [6, 6.07) is 0.